The molecule has 1 fully saturated rings. The largest absolute Gasteiger partial charge is 0.441 e. The van der Waals surface area contributed by atoms with Gasteiger partial charge in [-0.15, -0.1) is 0 Å². The second-order valence-electron chi connectivity index (χ2n) is 8.34. The average Bonchev–Trinajstić information content (AvgIpc) is 3.01. The molecule has 2 heterocycles. The lowest BCUT2D eigenvalue weighted by atomic mass is 9.87. The minimum atomic E-state index is 0.115. The van der Waals surface area contributed by atoms with Gasteiger partial charge in [0, 0.05) is 31.7 Å². The number of amides is 1. The highest BCUT2D eigenvalue weighted by molar-refractivity contribution is 5.78. The van der Waals surface area contributed by atoms with Gasteiger partial charge in [-0.1, -0.05) is 39.8 Å². The Hall–Kier alpha value is -2.14. The third kappa shape index (κ3) is 4.59. The minimum absolute atomic E-state index is 0.115. The molecule has 0 N–H and O–H groups in total. The maximum Gasteiger partial charge on any atom is 0.228 e. The fraction of sp³-hybridized carbons (Fsp3) is 0.545. The predicted octanol–water partition coefficient (Wildman–Crippen LogP) is 3.65. The number of benzene rings is 1. The van der Waals surface area contributed by atoms with Crippen molar-refractivity contribution in [3.63, 3.8) is 0 Å². The van der Waals surface area contributed by atoms with Gasteiger partial charge in [0.1, 0.15) is 5.76 Å². The predicted molar refractivity (Wildman–Crippen MR) is 108 cm³/mol. The van der Waals surface area contributed by atoms with Crippen LogP contribution >= 0.6 is 0 Å². The van der Waals surface area contributed by atoms with Crippen LogP contribution in [-0.4, -0.2) is 53.4 Å². The maximum atomic E-state index is 12.6. The molecule has 1 aromatic heterocycles. The molecule has 1 amide bonds. The van der Waals surface area contributed by atoms with Gasteiger partial charge in [0.05, 0.1) is 12.1 Å². The standard InChI is InChI=1S/C22H31N3O2/c1-6-24-11-13-25(14-12-24)20(26)15-19-16(2)27-21(23-19)17-7-9-18(10-8-17)22(3,4)5/h7-10H,6,11-15H2,1-5H3. The average molecular weight is 370 g/mol. The highest BCUT2D eigenvalue weighted by Gasteiger charge is 2.23. The number of rotatable bonds is 4. The summed E-state index contributed by atoms with van der Waals surface area (Å²) in [7, 11) is 0. The third-order valence-corrected chi connectivity index (χ3v) is 5.38. The van der Waals surface area contributed by atoms with Gasteiger partial charge < -0.3 is 14.2 Å². The first kappa shape index (κ1) is 19.6. The van der Waals surface area contributed by atoms with Crippen molar-refractivity contribution in [2.75, 3.05) is 32.7 Å². The number of carbonyl (C=O) groups excluding carboxylic acids is 1. The molecule has 1 aromatic carbocycles. The molecule has 0 bridgehead atoms. The first-order chi connectivity index (χ1) is 12.8. The van der Waals surface area contributed by atoms with Crippen molar-refractivity contribution in [3.05, 3.63) is 41.3 Å². The SMILES string of the molecule is CCN1CCN(C(=O)Cc2nc(-c3ccc(C(C)(C)C)cc3)oc2C)CC1. The molecule has 0 atom stereocenters. The summed E-state index contributed by atoms with van der Waals surface area (Å²) in [6, 6.07) is 8.32. The van der Waals surface area contributed by atoms with Crippen LogP contribution in [0.5, 0.6) is 0 Å². The molecule has 0 radical (unpaired) electrons. The Labute approximate surface area is 162 Å². The van der Waals surface area contributed by atoms with E-state index < -0.39 is 0 Å². The number of hydrogen-bond donors (Lipinski definition) is 0. The van der Waals surface area contributed by atoms with Crippen molar-refractivity contribution in [2.24, 2.45) is 0 Å². The van der Waals surface area contributed by atoms with Gasteiger partial charge in [0.15, 0.2) is 0 Å². The molecule has 27 heavy (non-hydrogen) atoms. The van der Waals surface area contributed by atoms with Gasteiger partial charge in [-0.25, -0.2) is 4.98 Å². The number of carbonyl (C=O) groups is 1. The van der Waals surface area contributed by atoms with E-state index in [9.17, 15) is 4.79 Å². The zero-order valence-electron chi connectivity index (χ0n) is 17.2. The minimum Gasteiger partial charge on any atom is -0.441 e. The Bertz CT molecular complexity index is 779. The Kier molecular flexibility index (Phi) is 5.70. The number of hydrogen-bond acceptors (Lipinski definition) is 4. The van der Waals surface area contributed by atoms with Crippen molar-refractivity contribution >= 4 is 5.91 Å². The van der Waals surface area contributed by atoms with Crippen LogP contribution in [0, 0.1) is 6.92 Å². The molecule has 5 heteroatoms. The molecule has 5 nitrogen and oxygen atoms in total. The van der Waals surface area contributed by atoms with Crippen LogP contribution in [0.15, 0.2) is 28.7 Å². The van der Waals surface area contributed by atoms with Gasteiger partial charge >= 0.3 is 0 Å². The van der Waals surface area contributed by atoms with Crippen LogP contribution in [0.1, 0.15) is 44.7 Å². The molecule has 0 unspecified atom stereocenters. The molecule has 2 aromatic rings. The van der Waals surface area contributed by atoms with Crippen LogP contribution in [0.25, 0.3) is 11.5 Å². The van der Waals surface area contributed by atoms with Gasteiger partial charge in [0.25, 0.3) is 0 Å². The quantitative estimate of drug-likeness (QED) is 0.825. The van der Waals surface area contributed by atoms with E-state index in [0.29, 0.717) is 12.3 Å². The maximum absolute atomic E-state index is 12.6. The van der Waals surface area contributed by atoms with Crippen molar-refractivity contribution in [2.45, 2.75) is 46.5 Å². The molecule has 0 aliphatic carbocycles. The zero-order valence-corrected chi connectivity index (χ0v) is 17.2. The van der Waals surface area contributed by atoms with Gasteiger partial charge in [-0.2, -0.15) is 0 Å². The normalized spacial score (nSPS) is 16.0. The lowest BCUT2D eigenvalue weighted by Gasteiger charge is -2.34. The summed E-state index contributed by atoms with van der Waals surface area (Å²) < 4.78 is 5.86. The monoisotopic (exact) mass is 369 g/mol. The Morgan fingerprint density at radius 3 is 2.30 bits per heavy atom. The summed E-state index contributed by atoms with van der Waals surface area (Å²) in [5.74, 6) is 1.45. The molecule has 1 aliphatic heterocycles. The number of aryl methyl sites for hydroxylation is 1. The second kappa shape index (κ2) is 7.85. The molecule has 1 saturated heterocycles. The summed E-state index contributed by atoms with van der Waals surface area (Å²) in [4.78, 5) is 21.6. The fourth-order valence-corrected chi connectivity index (χ4v) is 3.40. The van der Waals surface area contributed by atoms with E-state index >= 15 is 0 Å². The number of aromatic nitrogens is 1. The van der Waals surface area contributed by atoms with Crippen LogP contribution in [0.2, 0.25) is 0 Å². The summed E-state index contributed by atoms with van der Waals surface area (Å²) in [6.07, 6.45) is 0.307. The van der Waals surface area contributed by atoms with Crippen molar-refractivity contribution in [1.29, 1.82) is 0 Å². The molecule has 146 valence electrons. The number of nitrogens with zero attached hydrogens (tertiary/aromatic N) is 3. The van der Waals surface area contributed by atoms with Crippen LogP contribution in [0.4, 0.5) is 0 Å². The molecule has 3 rings (SSSR count). The number of oxazole rings is 1. The molecular formula is C22H31N3O2. The summed E-state index contributed by atoms with van der Waals surface area (Å²) in [5.41, 5.74) is 3.08. The van der Waals surface area contributed by atoms with Crippen molar-refractivity contribution in [3.8, 4) is 11.5 Å². The topological polar surface area (TPSA) is 49.6 Å². The fourth-order valence-electron chi connectivity index (χ4n) is 3.40. The third-order valence-electron chi connectivity index (χ3n) is 5.38. The van der Waals surface area contributed by atoms with E-state index in [1.165, 1.54) is 5.56 Å². The highest BCUT2D eigenvalue weighted by Crippen LogP contribution is 2.27. The first-order valence-corrected chi connectivity index (χ1v) is 9.85. The van der Waals surface area contributed by atoms with Crippen LogP contribution in [0.3, 0.4) is 0 Å². The summed E-state index contributed by atoms with van der Waals surface area (Å²) in [6.45, 7) is 15.2. The number of piperazine rings is 1. The lowest BCUT2D eigenvalue weighted by molar-refractivity contribution is -0.132. The molecule has 1 aliphatic rings. The van der Waals surface area contributed by atoms with Crippen molar-refractivity contribution < 1.29 is 9.21 Å². The lowest BCUT2D eigenvalue weighted by Crippen LogP contribution is -2.48. The van der Waals surface area contributed by atoms with Crippen LogP contribution < -0.4 is 0 Å². The molecule has 0 saturated carbocycles. The van der Waals surface area contributed by atoms with Gasteiger partial charge in [-0.3, -0.25) is 4.79 Å². The number of likely N-dealkylation sites (N-methyl/N-ethyl adjacent to an activating group) is 1. The Balaban J connectivity index is 1.68. The highest BCUT2D eigenvalue weighted by atomic mass is 16.4. The van der Waals surface area contributed by atoms with Gasteiger partial charge in [0.2, 0.25) is 11.8 Å². The van der Waals surface area contributed by atoms with E-state index in [0.717, 1.165) is 49.7 Å². The van der Waals surface area contributed by atoms with E-state index in [-0.39, 0.29) is 11.3 Å². The first-order valence-electron chi connectivity index (χ1n) is 9.85. The van der Waals surface area contributed by atoms with Crippen LogP contribution in [-0.2, 0) is 16.6 Å². The Morgan fingerprint density at radius 2 is 1.74 bits per heavy atom. The van der Waals surface area contributed by atoms with Gasteiger partial charge in [-0.05, 0) is 36.6 Å². The van der Waals surface area contributed by atoms with E-state index in [4.69, 9.17) is 4.42 Å². The summed E-state index contributed by atoms with van der Waals surface area (Å²) in [5, 5.41) is 0. The van der Waals surface area contributed by atoms with E-state index in [1.807, 2.05) is 24.0 Å². The molecular weight excluding hydrogens is 338 g/mol. The zero-order chi connectivity index (χ0) is 19.6. The Morgan fingerprint density at radius 1 is 1.11 bits per heavy atom. The van der Waals surface area contributed by atoms with E-state index in [2.05, 4.69) is 49.7 Å². The second-order valence-corrected chi connectivity index (χ2v) is 8.34. The van der Waals surface area contributed by atoms with Crippen molar-refractivity contribution in [1.82, 2.24) is 14.8 Å². The van der Waals surface area contributed by atoms with E-state index in [1.54, 1.807) is 0 Å². The molecule has 0 spiro atoms. The smallest absolute Gasteiger partial charge is 0.228 e. The summed E-state index contributed by atoms with van der Waals surface area (Å²) >= 11 is 0.